The molecule has 27 heavy (non-hydrogen) atoms. The summed E-state index contributed by atoms with van der Waals surface area (Å²) in [6.07, 6.45) is 0. The van der Waals surface area contributed by atoms with Gasteiger partial charge in [0.2, 0.25) is 11.7 Å². The first-order chi connectivity index (χ1) is 13.1. The summed E-state index contributed by atoms with van der Waals surface area (Å²) in [6, 6.07) is 15.5. The Morgan fingerprint density at radius 2 is 1.85 bits per heavy atom. The third-order valence-corrected chi connectivity index (χ3v) is 3.81. The van der Waals surface area contributed by atoms with Crippen LogP contribution in [0.4, 0.5) is 5.69 Å². The van der Waals surface area contributed by atoms with Gasteiger partial charge in [0, 0.05) is 5.69 Å². The highest BCUT2D eigenvalue weighted by Crippen LogP contribution is 2.21. The number of carbonyl (C=O) groups excluding carboxylic acids is 3. The molecule has 0 fully saturated rings. The third-order valence-electron chi connectivity index (χ3n) is 3.81. The van der Waals surface area contributed by atoms with E-state index in [0.717, 1.165) is 0 Å². The van der Waals surface area contributed by atoms with Gasteiger partial charge in [0.15, 0.2) is 12.2 Å². The number of methoxy groups -OCH3 is 1. The fraction of sp³-hybridized carbons (Fsp3) is 0.150. The molecule has 0 atom stereocenters. The average molecular weight is 367 g/mol. The maximum atomic E-state index is 12.4. The minimum absolute atomic E-state index is 0.0690. The summed E-state index contributed by atoms with van der Waals surface area (Å²) in [7, 11) is 1.29. The maximum absolute atomic E-state index is 12.4. The Morgan fingerprint density at radius 1 is 1.07 bits per heavy atom. The molecule has 3 rings (SSSR count). The molecule has 1 N–H and O–H groups in total. The van der Waals surface area contributed by atoms with Crippen LogP contribution in [0.15, 0.2) is 66.1 Å². The molecule has 0 radical (unpaired) electrons. The molecule has 1 heterocycles. The Morgan fingerprint density at radius 3 is 2.59 bits per heavy atom. The van der Waals surface area contributed by atoms with Gasteiger partial charge in [0.05, 0.1) is 12.7 Å². The number of benzene rings is 2. The summed E-state index contributed by atoms with van der Waals surface area (Å²) >= 11 is 0. The van der Waals surface area contributed by atoms with Gasteiger partial charge in [0.25, 0.3) is 0 Å². The highest BCUT2D eigenvalue weighted by molar-refractivity contribution is 6.19. The number of hydrogen-bond acceptors (Lipinski definition) is 7. The first-order valence-electron chi connectivity index (χ1n) is 8.15. The van der Waals surface area contributed by atoms with Crippen LogP contribution < -0.4 is 5.32 Å². The van der Waals surface area contributed by atoms with E-state index in [9.17, 15) is 14.4 Å². The van der Waals surface area contributed by atoms with Crippen LogP contribution in [0.25, 0.3) is 0 Å². The van der Waals surface area contributed by atoms with E-state index in [1.807, 2.05) is 18.2 Å². The molecule has 0 saturated carbocycles. The van der Waals surface area contributed by atoms with Crippen molar-refractivity contribution in [2.75, 3.05) is 19.0 Å². The predicted molar refractivity (Wildman–Crippen MR) is 95.6 cm³/mol. The van der Waals surface area contributed by atoms with Gasteiger partial charge in [-0.15, -0.1) is 0 Å². The molecule has 1 aliphatic rings. The van der Waals surface area contributed by atoms with E-state index in [2.05, 4.69) is 10.1 Å². The molecule has 0 spiro atoms. The van der Waals surface area contributed by atoms with Crippen LogP contribution in [0, 0.1) is 0 Å². The third kappa shape index (κ3) is 4.33. The van der Waals surface area contributed by atoms with E-state index >= 15 is 0 Å². The fourth-order valence-electron chi connectivity index (χ4n) is 2.49. The van der Waals surface area contributed by atoms with Gasteiger partial charge >= 0.3 is 11.9 Å². The van der Waals surface area contributed by atoms with Crippen LogP contribution in [0.5, 0.6) is 0 Å². The molecule has 0 saturated heterocycles. The number of carbonyl (C=O) groups is 3. The van der Waals surface area contributed by atoms with Crippen LogP contribution in [0.1, 0.15) is 15.9 Å². The number of ether oxygens (including phenoxy) is 3. The van der Waals surface area contributed by atoms with E-state index in [1.54, 1.807) is 36.4 Å². The molecule has 2 aromatic rings. The fourth-order valence-corrected chi connectivity index (χ4v) is 2.49. The highest BCUT2D eigenvalue weighted by Gasteiger charge is 2.32. The van der Waals surface area contributed by atoms with Gasteiger partial charge in [-0.25, -0.2) is 9.59 Å². The van der Waals surface area contributed by atoms with Crippen molar-refractivity contribution >= 4 is 23.4 Å². The van der Waals surface area contributed by atoms with Crippen molar-refractivity contribution in [3.8, 4) is 0 Å². The van der Waals surface area contributed by atoms with Crippen LogP contribution in [0.2, 0.25) is 0 Å². The molecule has 0 amide bonds. The lowest BCUT2D eigenvalue weighted by molar-refractivity contribution is -0.141. The molecule has 0 unspecified atom stereocenters. The Balaban J connectivity index is 1.71. The van der Waals surface area contributed by atoms with E-state index in [-0.39, 0.29) is 24.7 Å². The zero-order valence-corrected chi connectivity index (χ0v) is 14.6. The Kier molecular flexibility index (Phi) is 5.51. The number of nitrogens with one attached hydrogen (secondary N) is 1. The topological polar surface area (TPSA) is 90.9 Å². The highest BCUT2D eigenvalue weighted by atomic mass is 16.5. The lowest BCUT2D eigenvalue weighted by Gasteiger charge is -2.09. The number of anilines is 1. The van der Waals surface area contributed by atoms with Gasteiger partial charge in [0.1, 0.15) is 6.61 Å². The summed E-state index contributed by atoms with van der Waals surface area (Å²) in [5.41, 5.74) is 1.45. The van der Waals surface area contributed by atoms with Crippen LogP contribution in [-0.4, -0.2) is 31.4 Å². The van der Waals surface area contributed by atoms with Gasteiger partial charge in [-0.05, 0) is 29.8 Å². The molecular weight excluding hydrogens is 350 g/mol. The van der Waals surface area contributed by atoms with Crippen molar-refractivity contribution in [3.63, 3.8) is 0 Å². The van der Waals surface area contributed by atoms with Crippen LogP contribution >= 0.6 is 0 Å². The monoisotopic (exact) mass is 367 g/mol. The second-order valence-electron chi connectivity index (χ2n) is 5.68. The first-order valence-corrected chi connectivity index (χ1v) is 8.15. The zero-order chi connectivity index (χ0) is 19.2. The molecule has 0 bridgehead atoms. The molecule has 0 aromatic heterocycles. The normalized spacial score (nSPS) is 13.1. The summed E-state index contributed by atoms with van der Waals surface area (Å²) < 4.78 is 15.2. The average Bonchev–Trinajstić information content (AvgIpc) is 3.06. The number of ketones is 1. The number of hydrogen-bond donors (Lipinski definition) is 1. The van der Waals surface area contributed by atoms with Crippen molar-refractivity contribution in [2.24, 2.45) is 0 Å². The Bertz CT molecular complexity index is 904. The number of esters is 2. The molecule has 1 aliphatic heterocycles. The van der Waals surface area contributed by atoms with Gasteiger partial charge in [-0.2, -0.15) is 0 Å². The second kappa shape index (κ2) is 8.18. The molecule has 2 aromatic carbocycles. The summed E-state index contributed by atoms with van der Waals surface area (Å²) in [5, 5.41) is 2.91. The van der Waals surface area contributed by atoms with E-state index < -0.39 is 17.7 Å². The maximum Gasteiger partial charge on any atom is 0.347 e. The summed E-state index contributed by atoms with van der Waals surface area (Å²) in [4.78, 5) is 36.0. The number of para-hydroxylation sites is 1. The van der Waals surface area contributed by atoms with E-state index in [1.165, 1.54) is 7.11 Å². The number of Topliss-reactive ketones (excluding diaryl/α,β-unsaturated/α-hetero) is 1. The largest absolute Gasteiger partial charge is 0.470 e. The molecular formula is C20H17NO6. The molecule has 7 heteroatoms. The standard InChI is InChI=1S/C20H17NO6/c1-25-19(23)14-7-5-6-13(10-14)11-27-20(24)17-16(22)12-26-18(17)21-15-8-3-2-4-9-15/h2-10,21H,11-12H2,1H3. The molecule has 138 valence electrons. The SMILES string of the molecule is COC(=O)c1cccc(COC(=O)C2=C(Nc3ccccc3)OCC2=O)c1. The van der Waals surface area contributed by atoms with Crippen molar-refractivity contribution in [1.29, 1.82) is 0 Å². The summed E-state index contributed by atoms with van der Waals surface area (Å²) in [5.74, 6) is -1.67. The van der Waals surface area contributed by atoms with Gasteiger partial charge in [-0.1, -0.05) is 30.3 Å². The summed E-state index contributed by atoms with van der Waals surface area (Å²) in [6.45, 7) is -0.323. The Hall–Kier alpha value is -3.61. The van der Waals surface area contributed by atoms with Crippen LogP contribution in [-0.2, 0) is 30.4 Å². The van der Waals surface area contributed by atoms with Crippen molar-refractivity contribution in [2.45, 2.75) is 6.61 Å². The lowest BCUT2D eigenvalue weighted by atomic mass is 10.1. The van der Waals surface area contributed by atoms with Crippen molar-refractivity contribution in [3.05, 3.63) is 77.2 Å². The van der Waals surface area contributed by atoms with Gasteiger partial charge < -0.3 is 19.5 Å². The number of rotatable bonds is 6. The predicted octanol–water partition coefficient (Wildman–Crippen LogP) is 2.44. The molecule has 7 nitrogen and oxygen atoms in total. The minimum Gasteiger partial charge on any atom is -0.470 e. The minimum atomic E-state index is -0.792. The Labute approximate surface area is 155 Å². The van der Waals surface area contributed by atoms with E-state index in [0.29, 0.717) is 16.8 Å². The smallest absolute Gasteiger partial charge is 0.347 e. The van der Waals surface area contributed by atoms with Gasteiger partial charge in [-0.3, -0.25) is 4.79 Å². The van der Waals surface area contributed by atoms with Crippen molar-refractivity contribution in [1.82, 2.24) is 0 Å². The second-order valence-corrected chi connectivity index (χ2v) is 5.68. The lowest BCUT2D eigenvalue weighted by Crippen LogP contribution is -2.16. The zero-order valence-electron chi connectivity index (χ0n) is 14.6. The first kappa shape index (κ1) is 18.2. The molecule has 0 aliphatic carbocycles. The van der Waals surface area contributed by atoms with E-state index in [4.69, 9.17) is 9.47 Å². The van der Waals surface area contributed by atoms with Crippen LogP contribution in [0.3, 0.4) is 0 Å². The quantitative estimate of drug-likeness (QED) is 0.619. The van der Waals surface area contributed by atoms with Crippen molar-refractivity contribution < 1.29 is 28.6 Å².